The maximum atomic E-state index is 13.7. The molecule has 1 N–H and O–H groups in total. The van der Waals surface area contributed by atoms with Crippen LogP contribution in [-0.4, -0.2) is 103 Å². The molecule has 6 rings (SSSR count). The molecule has 2 aliphatic rings. The van der Waals surface area contributed by atoms with Crippen LogP contribution in [0.1, 0.15) is 50.5 Å². The summed E-state index contributed by atoms with van der Waals surface area (Å²) in [4.78, 5) is 65.0. The van der Waals surface area contributed by atoms with Crippen molar-refractivity contribution in [2.75, 3.05) is 13.2 Å². The quantitative estimate of drug-likeness (QED) is 0.141. The summed E-state index contributed by atoms with van der Waals surface area (Å²) < 4.78 is 53.1. The second-order valence-corrected chi connectivity index (χ2v) is 13.3. The summed E-state index contributed by atoms with van der Waals surface area (Å²) in [5.41, 5.74) is 1.12. The maximum Gasteiger partial charge on any atom is 0.338 e. The zero-order chi connectivity index (χ0) is 41.0. The fourth-order valence-corrected chi connectivity index (χ4v) is 6.40. The van der Waals surface area contributed by atoms with Crippen molar-refractivity contribution in [2.45, 2.75) is 75.8 Å². The first-order valence-corrected chi connectivity index (χ1v) is 18.4. The first-order valence-electron chi connectivity index (χ1n) is 18.4. The fraction of sp³-hybridized carbons (Fsp3) is 0.326. The van der Waals surface area contributed by atoms with Crippen molar-refractivity contribution >= 4 is 29.8 Å². The molecule has 4 aromatic carbocycles. The van der Waals surface area contributed by atoms with E-state index < -0.39 is 91.8 Å². The minimum Gasteiger partial charge on any atom is -0.456 e. The number of benzene rings is 4. The van der Waals surface area contributed by atoms with Crippen LogP contribution in [0.4, 0.5) is 0 Å². The van der Waals surface area contributed by atoms with Crippen LogP contribution in [0.15, 0.2) is 121 Å². The van der Waals surface area contributed by atoms with Crippen LogP contribution in [0, 0.1) is 0 Å². The van der Waals surface area contributed by atoms with Crippen molar-refractivity contribution in [1.82, 2.24) is 0 Å². The van der Waals surface area contributed by atoms with Gasteiger partial charge in [0.2, 0.25) is 0 Å². The standard InChI is InChI=1S/C43H42O15/c1-26(44)53-32-24-51-43(38(35(32)54-27(2)45)50-23-28-15-7-3-8-16-28)52-25-33-34(56-39(46)29-17-9-4-10-18-29)36(57-40(47)30-19-11-5-12-20-30)37(42(49)55-33)58-41(48)31-21-13-6-14-22-31/h3-22,32-38,42-43,49H,23-25H2,1-2H3/t32-,33-,34-,35-,36+,37-,38+,42-,43?/m1/s1. The summed E-state index contributed by atoms with van der Waals surface area (Å²) in [6.45, 7) is 1.58. The first-order chi connectivity index (χ1) is 28.1. The van der Waals surface area contributed by atoms with Crippen molar-refractivity contribution in [3.05, 3.63) is 144 Å². The molecule has 0 spiro atoms. The van der Waals surface area contributed by atoms with Crippen LogP contribution in [-0.2, 0) is 58.8 Å². The van der Waals surface area contributed by atoms with Gasteiger partial charge in [-0.05, 0) is 42.0 Å². The highest BCUT2D eigenvalue weighted by atomic mass is 16.7. The van der Waals surface area contributed by atoms with Gasteiger partial charge in [0.1, 0.15) is 12.2 Å². The molecule has 58 heavy (non-hydrogen) atoms. The van der Waals surface area contributed by atoms with E-state index in [4.69, 9.17) is 42.6 Å². The summed E-state index contributed by atoms with van der Waals surface area (Å²) in [5.74, 6) is -3.97. The lowest BCUT2D eigenvalue weighted by Gasteiger charge is -2.44. The summed E-state index contributed by atoms with van der Waals surface area (Å²) in [6.07, 6.45) is -13.1. The summed E-state index contributed by atoms with van der Waals surface area (Å²) >= 11 is 0. The summed E-state index contributed by atoms with van der Waals surface area (Å²) in [5, 5.41) is 11.5. The van der Waals surface area contributed by atoms with Crippen LogP contribution in [0.3, 0.4) is 0 Å². The predicted octanol–water partition coefficient (Wildman–Crippen LogP) is 4.20. The first kappa shape index (κ1) is 41.7. The zero-order valence-corrected chi connectivity index (χ0v) is 31.5. The monoisotopic (exact) mass is 798 g/mol. The van der Waals surface area contributed by atoms with Gasteiger partial charge in [0.15, 0.2) is 43.1 Å². The summed E-state index contributed by atoms with van der Waals surface area (Å²) in [7, 11) is 0. The van der Waals surface area contributed by atoms with Gasteiger partial charge in [-0.25, -0.2) is 14.4 Å². The van der Waals surface area contributed by atoms with E-state index in [2.05, 4.69) is 0 Å². The lowest BCUT2D eigenvalue weighted by Crippen LogP contribution is -2.63. The van der Waals surface area contributed by atoms with Crippen molar-refractivity contribution in [1.29, 1.82) is 0 Å². The average Bonchev–Trinajstić information content (AvgIpc) is 3.23. The Morgan fingerprint density at radius 2 is 1.02 bits per heavy atom. The second kappa shape index (κ2) is 19.9. The molecule has 9 atom stereocenters. The minimum atomic E-state index is -1.94. The number of hydrogen-bond acceptors (Lipinski definition) is 15. The van der Waals surface area contributed by atoms with E-state index >= 15 is 0 Å². The number of aliphatic hydroxyl groups excluding tert-OH is 1. The number of esters is 5. The highest BCUT2D eigenvalue weighted by Crippen LogP contribution is 2.32. The third-order valence-corrected chi connectivity index (χ3v) is 9.08. The lowest BCUT2D eigenvalue weighted by molar-refractivity contribution is -0.317. The Bertz CT molecular complexity index is 1980. The lowest BCUT2D eigenvalue weighted by atomic mass is 9.97. The molecule has 0 aromatic heterocycles. The van der Waals surface area contributed by atoms with Gasteiger partial charge in [0.05, 0.1) is 36.5 Å². The molecule has 0 radical (unpaired) electrons. The molecule has 304 valence electrons. The van der Waals surface area contributed by atoms with Gasteiger partial charge in [-0.1, -0.05) is 84.9 Å². The van der Waals surface area contributed by atoms with E-state index in [1.807, 2.05) is 30.3 Å². The highest BCUT2D eigenvalue weighted by Gasteiger charge is 2.53. The molecule has 4 aromatic rings. The van der Waals surface area contributed by atoms with Crippen LogP contribution in [0.25, 0.3) is 0 Å². The SMILES string of the molecule is CC(=O)O[C@H]1[C@H](OCc2ccccc2)C(OC[C@H]2O[C@@H](O)[C@H](OC(=O)c3ccccc3)[C@@H](OC(=O)c3ccccc3)[C@@H]2OC(=O)c2ccccc2)OC[C@H]1OC(C)=O. The number of rotatable bonds is 14. The molecule has 2 saturated heterocycles. The van der Waals surface area contributed by atoms with Crippen molar-refractivity contribution in [2.24, 2.45) is 0 Å². The third kappa shape index (κ3) is 10.9. The van der Waals surface area contributed by atoms with Gasteiger partial charge in [-0.2, -0.15) is 0 Å². The molecule has 0 aliphatic carbocycles. The van der Waals surface area contributed by atoms with Gasteiger partial charge in [0, 0.05) is 13.8 Å². The molecular weight excluding hydrogens is 756 g/mol. The normalized spacial score (nSPS) is 25.4. The van der Waals surface area contributed by atoms with Crippen LogP contribution in [0.5, 0.6) is 0 Å². The van der Waals surface area contributed by atoms with Crippen LogP contribution < -0.4 is 0 Å². The van der Waals surface area contributed by atoms with Crippen molar-refractivity contribution < 1.29 is 71.7 Å². The van der Waals surface area contributed by atoms with E-state index in [1.54, 1.807) is 54.6 Å². The van der Waals surface area contributed by atoms with Gasteiger partial charge in [-0.15, -0.1) is 0 Å². The summed E-state index contributed by atoms with van der Waals surface area (Å²) in [6, 6.07) is 32.8. The predicted molar refractivity (Wildman–Crippen MR) is 200 cm³/mol. The zero-order valence-electron chi connectivity index (χ0n) is 31.5. The smallest absolute Gasteiger partial charge is 0.338 e. The number of carbonyl (C=O) groups excluding carboxylic acids is 5. The van der Waals surface area contributed by atoms with Gasteiger partial charge in [-0.3, -0.25) is 9.59 Å². The van der Waals surface area contributed by atoms with Gasteiger partial charge in [0.25, 0.3) is 0 Å². The molecule has 2 heterocycles. The maximum absolute atomic E-state index is 13.7. The molecule has 0 saturated carbocycles. The molecule has 2 aliphatic heterocycles. The third-order valence-electron chi connectivity index (χ3n) is 9.08. The number of hydrogen-bond donors (Lipinski definition) is 1. The molecule has 0 bridgehead atoms. The van der Waals surface area contributed by atoms with Gasteiger partial charge >= 0.3 is 29.8 Å². The Kier molecular flexibility index (Phi) is 14.3. The molecule has 0 amide bonds. The largest absolute Gasteiger partial charge is 0.456 e. The molecular formula is C43H42O15. The van der Waals surface area contributed by atoms with E-state index in [-0.39, 0.29) is 29.9 Å². The Balaban J connectivity index is 1.32. The molecule has 2 fully saturated rings. The topological polar surface area (TPSA) is 189 Å². The minimum absolute atomic E-state index is 0.00120. The van der Waals surface area contributed by atoms with E-state index in [9.17, 15) is 29.1 Å². The van der Waals surface area contributed by atoms with E-state index in [0.717, 1.165) is 5.56 Å². The Morgan fingerprint density at radius 3 is 1.52 bits per heavy atom. The second-order valence-electron chi connectivity index (χ2n) is 13.3. The van der Waals surface area contributed by atoms with E-state index in [1.165, 1.54) is 50.2 Å². The number of carbonyl (C=O) groups is 5. The molecule has 1 unspecified atom stereocenters. The highest BCUT2D eigenvalue weighted by molar-refractivity contribution is 5.91. The molecule has 15 nitrogen and oxygen atoms in total. The Labute approximate surface area is 333 Å². The van der Waals surface area contributed by atoms with Crippen molar-refractivity contribution in [3.63, 3.8) is 0 Å². The average molecular weight is 799 g/mol. The number of ether oxygens (including phenoxy) is 9. The fourth-order valence-electron chi connectivity index (χ4n) is 6.40. The molecule has 15 heteroatoms. The van der Waals surface area contributed by atoms with Crippen LogP contribution >= 0.6 is 0 Å². The van der Waals surface area contributed by atoms with Gasteiger partial charge < -0.3 is 47.7 Å². The Morgan fingerprint density at radius 1 is 0.552 bits per heavy atom. The van der Waals surface area contributed by atoms with E-state index in [0.29, 0.717) is 0 Å². The number of aliphatic hydroxyl groups is 1. The Hall–Kier alpha value is -5.97. The van der Waals surface area contributed by atoms with Crippen molar-refractivity contribution in [3.8, 4) is 0 Å². The van der Waals surface area contributed by atoms with Crippen LogP contribution in [0.2, 0.25) is 0 Å².